The lowest BCUT2D eigenvalue weighted by Crippen LogP contribution is -2.65. The monoisotopic (exact) mass is 416 g/mol. The Morgan fingerprint density at radius 2 is 2.10 bits per heavy atom. The van der Waals surface area contributed by atoms with Crippen LogP contribution in [0.1, 0.15) is 5.69 Å². The van der Waals surface area contributed by atoms with E-state index in [2.05, 4.69) is 15.6 Å². The van der Waals surface area contributed by atoms with Crippen molar-refractivity contribution < 1.29 is 23.8 Å². The number of anilines is 1. The number of pyridine rings is 1. The van der Waals surface area contributed by atoms with E-state index >= 15 is 0 Å². The topological polar surface area (TPSA) is 96.0 Å². The second-order valence-electron chi connectivity index (χ2n) is 7.54. The molecular formula is C21H25FN4O4. The van der Waals surface area contributed by atoms with Crippen molar-refractivity contribution in [2.24, 2.45) is 0 Å². The van der Waals surface area contributed by atoms with Gasteiger partial charge in [-0.1, -0.05) is 6.07 Å². The van der Waals surface area contributed by atoms with Gasteiger partial charge in [-0.05, 0) is 43.4 Å². The molecule has 2 fully saturated rings. The summed E-state index contributed by atoms with van der Waals surface area (Å²) in [7, 11) is 1.89. The Kier molecular flexibility index (Phi) is 6.24. The lowest BCUT2D eigenvalue weighted by atomic mass is 9.95. The summed E-state index contributed by atoms with van der Waals surface area (Å²) in [5.41, 5.74) is 1.40. The Balaban J connectivity index is 1.38. The number of fused-ring (bicyclic) bond motifs is 2. The van der Waals surface area contributed by atoms with Crippen LogP contribution in [0.25, 0.3) is 0 Å². The highest BCUT2D eigenvalue weighted by Crippen LogP contribution is 2.31. The second-order valence-corrected chi connectivity index (χ2v) is 7.54. The number of aliphatic hydroxyl groups excluding tert-OH is 1. The fourth-order valence-corrected chi connectivity index (χ4v) is 3.89. The van der Waals surface area contributed by atoms with Crippen molar-refractivity contribution >= 4 is 11.7 Å². The third kappa shape index (κ3) is 4.59. The van der Waals surface area contributed by atoms with Gasteiger partial charge in [-0.2, -0.15) is 0 Å². The number of carbonyl (C=O) groups is 1. The molecule has 5 unspecified atom stereocenters. The summed E-state index contributed by atoms with van der Waals surface area (Å²) in [5.74, 6) is -0.386. The maximum Gasteiger partial charge on any atom is 0.319 e. The summed E-state index contributed by atoms with van der Waals surface area (Å²) in [5, 5.41) is 16.4. The van der Waals surface area contributed by atoms with Crippen LogP contribution in [-0.2, 0) is 15.9 Å². The summed E-state index contributed by atoms with van der Waals surface area (Å²) in [6, 6.07) is 9.61. The molecule has 160 valence electrons. The number of amides is 2. The number of likely N-dealkylation sites (N-methyl/N-ethyl adjacent to an activating group) is 1. The van der Waals surface area contributed by atoms with Crippen molar-refractivity contribution in [2.75, 3.05) is 25.5 Å². The van der Waals surface area contributed by atoms with Crippen LogP contribution in [0.3, 0.4) is 0 Å². The maximum absolute atomic E-state index is 13.0. The number of rotatable bonds is 6. The minimum absolute atomic E-state index is 0.286. The van der Waals surface area contributed by atoms with E-state index in [1.54, 1.807) is 6.20 Å². The van der Waals surface area contributed by atoms with Gasteiger partial charge in [-0.3, -0.25) is 9.88 Å². The van der Waals surface area contributed by atoms with Gasteiger partial charge in [-0.15, -0.1) is 0 Å². The molecule has 3 heterocycles. The molecule has 3 N–H and O–H groups in total. The predicted octanol–water partition coefficient (Wildman–Crippen LogP) is 1.37. The number of carbonyl (C=O) groups excluding carboxylic acids is 1. The van der Waals surface area contributed by atoms with E-state index < -0.39 is 36.6 Å². The van der Waals surface area contributed by atoms with E-state index in [9.17, 15) is 14.3 Å². The zero-order valence-electron chi connectivity index (χ0n) is 16.6. The minimum Gasteiger partial charge on any atom is -0.389 e. The zero-order chi connectivity index (χ0) is 21.1. The van der Waals surface area contributed by atoms with Gasteiger partial charge >= 0.3 is 6.03 Å². The molecule has 5 atom stereocenters. The smallest absolute Gasteiger partial charge is 0.319 e. The standard InChI is InChI=1S/C21H25FN4O4/c1-26(11-9-14-4-2-3-10-23-14)18-19(27)17(16-12-29-20(18)30-16)25-21(28)24-15-7-5-13(22)6-8-15/h2-8,10,16-20,27H,9,11-12H2,1H3,(H2,24,25,28). The SMILES string of the molecule is CN(CCc1ccccn1)C1C2OCC(O2)C(NC(=O)Nc2ccc(F)cc2)C1O. The number of hydrogen-bond donors (Lipinski definition) is 3. The number of benzene rings is 1. The van der Waals surface area contributed by atoms with Gasteiger partial charge in [-0.25, -0.2) is 9.18 Å². The molecule has 2 aromatic rings. The molecular weight excluding hydrogens is 391 g/mol. The first-order chi connectivity index (χ1) is 14.5. The molecule has 2 amide bonds. The lowest BCUT2D eigenvalue weighted by Gasteiger charge is -2.42. The second kappa shape index (κ2) is 9.05. The van der Waals surface area contributed by atoms with Gasteiger partial charge in [0.1, 0.15) is 11.9 Å². The van der Waals surface area contributed by atoms with E-state index in [-0.39, 0.29) is 12.4 Å². The van der Waals surface area contributed by atoms with Crippen molar-refractivity contribution in [2.45, 2.75) is 37.0 Å². The van der Waals surface area contributed by atoms with Gasteiger partial charge in [0, 0.05) is 30.5 Å². The quantitative estimate of drug-likeness (QED) is 0.658. The number of nitrogens with one attached hydrogen (secondary N) is 2. The van der Waals surface area contributed by atoms with Crippen molar-refractivity contribution in [3.63, 3.8) is 0 Å². The fourth-order valence-electron chi connectivity index (χ4n) is 3.89. The van der Waals surface area contributed by atoms with Crippen LogP contribution in [0.2, 0.25) is 0 Å². The molecule has 8 nitrogen and oxygen atoms in total. The van der Waals surface area contributed by atoms with Crippen molar-refractivity contribution in [1.29, 1.82) is 0 Å². The van der Waals surface area contributed by atoms with Crippen molar-refractivity contribution in [3.8, 4) is 0 Å². The maximum atomic E-state index is 13.0. The van der Waals surface area contributed by atoms with E-state index in [0.29, 0.717) is 18.7 Å². The van der Waals surface area contributed by atoms with Gasteiger partial charge in [0.05, 0.1) is 24.8 Å². The molecule has 2 aliphatic heterocycles. The van der Waals surface area contributed by atoms with Gasteiger partial charge in [0.25, 0.3) is 0 Å². The van der Waals surface area contributed by atoms with E-state index in [1.165, 1.54) is 24.3 Å². The summed E-state index contributed by atoms with van der Waals surface area (Å²) in [6.07, 6.45) is 0.572. The van der Waals surface area contributed by atoms with Crippen LogP contribution in [-0.4, -0.2) is 71.8 Å². The summed E-state index contributed by atoms with van der Waals surface area (Å²) < 4.78 is 24.7. The number of aliphatic hydroxyl groups is 1. The van der Waals surface area contributed by atoms with Crippen LogP contribution < -0.4 is 10.6 Å². The molecule has 1 aromatic heterocycles. The predicted molar refractivity (Wildman–Crippen MR) is 107 cm³/mol. The number of hydrogen-bond acceptors (Lipinski definition) is 6. The van der Waals surface area contributed by atoms with Crippen molar-refractivity contribution in [1.82, 2.24) is 15.2 Å². The minimum atomic E-state index is -0.885. The molecule has 4 rings (SSSR count). The molecule has 2 aliphatic rings. The van der Waals surface area contributed by atoms with E-state index in [1.807, 2.05) is 30.1 Å². The van der Waals surface area contributed by atoms with Crippen LogP contribution in [0.5, 0.6) is 0 Å². The average Bonchev–Trinajstić information content (AvgIpc) is 3.17. The Morgan fingerprint density at radius 3 is 2.83 bits per heavy atom. The largest absolute Gasteiger partial charge is 0.389 e. The van der Waals surface area contributed by atoms with Gasteiger partial charge in [0.2, 0.25) is 0 Å². The number of halogens is 1. The van der Waals surface area contributed by atoms with E-state index in [0.717, 1.165) is 5.69 Å². The normalized spacial score (nSPS) is 27.8. The van der Waals surface area contributed by atoms with Crippen LogP contribution in [0.4, 0.5) is 14.9 Å². The number of urea groups is 1. The third-order valence-electron chi connectivity index (χ3n) is 5.49. The Hall–Kier alpha value is -2.59. The Morgan fingerprint density at radius 1 is 1.30 bits per heavy atom. The van der Waals surface area contributed by atoms with Crippen LogP contribution in [0, 0.1) is 5.82 Å². The first-order valence-electron chi connectivity index (χ1n) is 9.89. The lowest BCUT2D eigenvalue weighted by molar-refractivity contribution is -0.176. The van der Waals surface area contributed by atoms with Crippen LogP contribution in [0.15, 0.2) is 48.7 Å². The highest BCUT2D eigenvalue weighted by atomic mass is 19.1. The van der Waals surface area contributed by atoms with Crippen molar-refractivity contribution in [3.05, 3.63) is 60.2 Å². The molecule has 0 spiro atoms. The van der Waals surface area contributed by atoms with Gasteiger partial charge in [0.15, 0.2) is 6.29 Å². The number of aromatic nitrogens is 1. The van der Waals surface area contributed by atoms with E-state index in [4.69, 9.17) is 9.47 Å². The molecule has 2 saturated heterocycles. The summed E-state index contributed by atoms with van der Waals surface area (Å²) in [6.45, 7) is 0.926. The molecule has 0 saturated carbocycles. The summed E-state index contributed by atoms with van der Waals surface area (Å²) in [4.78, 5) is 18.7. The highest BCUT2D eigenvalue weighted by molar-refractivity contribution is 5.89. The number of ether oxygens (including phenoxy) is 2. The third-order valence-corrected chi connectivity index (χ3v) is 5.49. The first-order valence-corrected chi connectivity index (χ1v) is 9.89. The molecule has 0 aliphatic carbocycles. The summed E-state index contributed by atoms with van der Waals surface area (Å²) >= 11 is 0. The fraction of sp³-hybridized carbons (Fsp3) is 0.429. The molecule has 30 heavy (non-hydrogen) atoms. The zero-order valence-corrected chi connectivity index (χ0v) is 16.6. The highest BCUT2D eigenvalue weighted by Gasteiger charge is 2.51. The molecule has 0 radical (unpaired) electrons. The average molecular weight is 416 g/mol. The molecule has 1 aromatic carbocycles. The first kappa shape index (κ1) is 20.7. The Bertz CT molecular complexity index is 854. The van der Waals surface area contributed by atoms with Crippen LogP contribution >= 0.6 is 0 Å². The Labute approximate surface area is 174 Å². The molecule has 9 heteroatoms. The van der Waals surface area contributed by atoms with Gasteiger partial charge < -0.3 is 25.2 Å². The molecule has 2 bridgehead atoms. The number of nitrogens with zero attached hydrogens (tertiary/aromatic N) is 2.